The number of rotatable bonds is 35. The second-order valence-corrected chi connectivity index (χ2v) is 26.0. The van der Waals surface area contributed by atoms with E-state index in [2.05, 4.69) is 46.1 Å². The molecule has 8 rings (SSSR count). The Hall–Kier alpha value is -5.48. The number of piperazine rings is 1. The Morgan fingerprint density at radius 2 is 1.10 bits per heavy atom. The van der Waals surface area contributed by atoms with Crippen LogP contribution in [0.5, 0.6) is 11.5 Å². The van der Waals surface area contributed by atoms with Crippen LogP contribution in [0.1, 0.15) is 97.8 Å². The van der Waals surface area contributed by atoms with Gasteiger partial charge in [0.05, 0.1) is 86.3 Å². The van der Waals surface area contributed by atoms with E-state index in [1.807, 2.05) is 12.1 Å². The molecule has 4 atom stereocenters. The minimum atomic E-state index is -3.82. The van der Waals surface area contributed by atoms with Crippen LogP contribution in [0.4, 0.5) is 10.5 Å². The molecule has 0 spiro atoms. The van der Waals surface area contributed by atoms with Crippen LogP contribution < -0.4 is 34.9 Å². The number of piperidine rings is 1. The number of sulfonamides is 2. The van der Waals surface area contributed by atoms with Gasteiger partial charge in [-0.2, -0.15) is 5.26 Å². The van der Waals surface area contributed by atoms with Crippen molar-refractivity contribution in [1.29, 1.82) is 5.26 Å². The summed E-state index contributed by atoms with van der Waals surface area (Å²) in [6.07, 6.45) is 7.74. The van der Waals surface area contributed by atoms with Gasteiger partial charge >= 0.3 is 6.03 Å². The van der Waals surface area contributed by atoms with Gasteiger partial charge < -0.3 is 44.4 Å². The first-order chi connectivity index (χ1) is 41.7. The summed E-state index contributed by atoms with van der Waals surface area (Å²) in [5, 5.41) is 19.7. The molecule has 2 fully saturated rings. The molecule has 2 amide bonds. The lowest BCUT2D eigenvalue weighted by atomic mass is 10.0. The summed E-state index contributed by atoms with van der Waals surface area (Å²) in [5.74, 6) is 1.19. The Morgan fingerprint density at radius 1 is 0.605 bits per heavy atom. The molecule has 0 unspecified atom stereocenters. The lowest BCUT2D eigenvalue weighted by molar-refractivity contribution is -0.119. The predicted molar refractivity (Wildman–Crippen MR) is 326 cm³/mol. The molecule has 2 saturated heterocycles. The summed E-state index contributed by atoms with van der Waals surface area (Å²) in [7, 11) is -7.62. The smallest absolute Gasteiger partial charge is 0.314 e. The third kappa shape index (κ3) is 19.5. The molecule has 21 nitrogen and oxygen atoms in total. The fourth-order valence-electron chi connectivity index (χ4n) is 11.3. The van der Waals surface area contributed by atoms with Crippen molar-refractivity contribution < 1.29 is 54.8 Å². The maximum absolute atomic E-state index is 13.1. The molecular formula is C61H79Cl2N9O12S2. The van der Waals surface area contributed by atoms with Gasteiger partial charge in [-0.3, -0.25) is 14.6 Å². The number of nitriles is 1. The summed E-state index contributed by atoms with van der Waals surface area (Å²) in [5.41, 5.74) is 4.76. The first kappa shape index (κ1) is 66.5. The number of hydrogen-bond acceptors (Lipinski definition) is 16. The highest BCUT2D eigenvalue weighted by atomic mass is 35.5. The summed E-state index contributed by atoms with van der Waals surface area (Å²) in [6.45, 7) is 16.0. The SMILES string of the molecule is [C-]#[N+]c1cc(Cl)cc2c1C[C@H](N1CCCCC1)[C@H]2Oc1ccc(S(=O)(=O)NCCOCCOCCCC(=O)CCCCCNC(=O)NCCOCCOCCNS(=O)(=O)c2ccc(O[C@H]3c4cc(Cl)cc(C#N)c4C[C@@H]3N3CCNCC3)cc2)cc1. The number of hydrogen-bond donors (Lipinski definition) is 5. The van der Waals surface area contributed by atoms with E-state index in [0.717, 1.165) is 93.6 Å². The number of amides is 2. The van der Waals surface area contributed by atoms with Crippen LogP contribution >= 0.6 is 23.2 Å². The van der Waals surface area contributed by atoms with Gasteiger partial charge in [-0.05, 0) is 153 Å². The molecular weight excluding hydrogens is 1190 g/mol. The van der Waals surface area contributed by atoms with Gasteiger partial charge in [0, 0.05) is 81.9 Å². The van der Waals surface area contributed by atoms with Gasteiger partial charge in [0.15, 0.2) is 5.69 Å². The van der Waals surface area contributed by atoms with Gasteiger partial charge in [0.1, 0.15) is 29.5 Å². The number of urea groups is 1. The van der Waals surface area contributed by atoms with Crippen molar-refractivity contribution in [2.24, 2.45) is 0 Å². The second kappa shape index (κ2) is 33.8. The van der Waals surface area contributed by atoms with Gasteiger partial charge in [0.25, 0.3) is 0 Å². The molecule has 2 heterocycles. The van der Waals surface area contributed by atoms with Crippen LogP contribution in [0.15, 0.2) is 82.6 Å². The lowest BCUT2D eigenvalue weighted by Gasteiger charge is -2.36. The minimum absolute atomic E-state index is 0.00152. The highest BCUT2D eigenvalue weighted by Crippen LogP contribution is 2.45. The number of ether oxygens (including phenoxy) is 6. The fourth-order valence-corrected chi connectivity index (χ4v) is 13.8. The van der Waals surface area contributed by atoms with E-state index in [9.17, 15) is 31.7 Å². The Labute approximate surface area is 515 Å². The van der Waals surface area contributed by atoms with Crippen LogP contribution in [-0.2, 0) is 56.6 Å². The van der Waals surface area contributed by atoms with E-state index in [4.69, 9.17) is 58.2 Å². The average molecular weight is 1270 g/mol. The normalized spacial score (nSPS) is 18.8. The van der Waals surface area contributed by atoms with E-state index < -0.39 is 20.0 Å². The second-order valence-electron chi connectivity index (χ2n) is 21.6. The van der Waals surface area contributed by atoms with Crippen LogP contribution in [0, 0.1) is 17.9 Å². The predicted octanol–water partition coefficient (Wildman–Crippen LogP) is 7.43. The van der Waals surface area contributed by atoms with Crippen LogP contribution in [-0.4, -0.2) is 169 Å². The molecule has 0 radical (unpaired) electrons. The number of nitrogens with one attached hydrogen (secondary N) is 5. The standard InChI is InChI=1S/C61H79Cl2N9O12S2/c1-65-56-40-46(63)39-55-53(56)42-58(71-25-6-3-7-26-71)60(55)84-49-13-17-51(18-14-49)86(77,78)69-23-31-81-34-33-79-29-8-10-47(73)9-4-2-5-19-67-61(74)68-22-30-80-35-36-82-32-24-70-85(75,76)50-15-11-48(12-16-50)83-59-54-38-45(62)37-44(43-64)52(54)41-57(59)72-27-20-66-21-28-72/h11-18,37-40,57-60,66,69-70H,2-10,19-36,41-42H2,(H2,67,68,74)/t57-,58-,59-,60-/m0/s1. The van der Waals surface area contributed by atoms with Gasteiger partial charge in [-0.25, -0.2) is 35.9 Å². The van der Waals surface area contributed by atoms with Crippen molar-refractivity contribution in [3.05, 3.63) is 122 Å². The maximum Gasteiger partial charge on any atom is 0.314 e. The van der Waals surface area contributed by atoms with Gasteiger partial charge in [-0.1, -0.05) is 36.0 Å². The molecule has 5 N–H and O–H groups in total. The Bertz CT molecular complexity index is 2970. The number of ketones is 1. The number of halogens is 2. The summed E-state index contributed by atoms with van der Waals surface area (Å²) < 4.78 is 92.6. The number of fused-ring (bicyclic) bond motifs is 2. The monoisotopic (exact) mass is 1260 g/mol. The van der Waals surface area contributed by atoms with E-state index in [0.29, 0.717) is 91.2 Å². The molecule has 4 aliphatic rings. The van der Waals surface area contributed by atoms with Crippen molar-refractivity contribution in [2.45, 2.75) is 105 Å². The van der Waals surface area contributed by atoms with Crippen LogP contribution in [0.25, 0.3) is 4.85 Å². The summed E-state index contributed by atoms with van der Waals surface area (Å²) in [6, 6.07) is 21.8. The molecule has 25 heteroatoms. The van der Waals surface area contributed by atoms with Crippen LogP contribution in [0.2, 0.25) is 10.0 Å². The zero-order valence-electron chi connectivity index (χ0n) is 48.5. The lowest BCUT2D eigenvalue weighted by Crippen LogP contribution is -2.50. The number of carbonyl (C=O) groups is 2. The molecule has 2 aliphatic heterocycles. The quantitative estimate of drug-likeness (QED) is 0.0222. The molecule has 4 aromatic carbocycles. The maximum atomic E-state index is 13.1. The first-order valence-electron chi connectivity index (χ1n) is 29.7. The molecule has 0 bridgehead atoms. The van der Waals surface area contributed by atoms with Crippen molar-refractivity contribution >= 4 is 60.8 Å². The molecule has 2 aliphatic carbocycles. The number of nitrogens with zero attached hydrogens (tertiary/aromatic N) is 4. The Balaban J connectivity index is 0.582. The summed E-state index contributed by atoms with van der Waals surface area (Å²) in [4.78, 5) is 33.3. The van der Waals surface area contributed by atoms with E-state index in [-0.39, 0.29) is 98.6 Å². The van der Waals surface area contributed by atoms with Gasteiger partial charge in [-0.15, -0.1) is 0 Å². The third-order valence-electron chi connectivity index (χ3n) is 15.6. The van der Waals surface area contributed by atoms with Crippen molar-refractivity contribution in [2.75, 3.05) is 118 Å². The average Bonchev–Trinajstić information content (AvgIpc) is 1.74. The number of carbonyl (C=O) groups excluding carboxylic acids is 2. The van der Waals surface area contributed by atoms with Crippen molar-refractivity contribution in [3.63, 3.8) is 0 Å². The van der Waals surface area contributed by atoms with Gasteiger partial charge in [0.2, 0.25) is 20.0 Å². The molecule has 0 saturated carbocycles. The van der Waals surface area contributed by atoms with Crippen molar-refractivity contribution in [3.8, 4) is 17.6 Å². The van der Waals surface area contributed by atoms with E-state index in [1.165, 1.54) is 30.7 Å². The summed E-state index contributed by atoms with van der Waals surface area (Å²) >= 11 is 12.8. The number of likely N-dealkylation sites (tertiary alicyclic amines) is 1. The molecule has 0 aromatic heterocycles. The van der Waals surface area contributed by atoms with E-state index in [1.54, 1.807) is 36.4 Å². The third-order valence-corrected chi connectivity index (χ3v) is 19.0. The first-order valence-corrected chi connectivity index (χ1v) is 33.4. The van der Waals surface area contributed by atoms with E-state index >= 15 is 0 Å². The Morgan fingerprint density at radius 3 is 1.67 bits per heavy atom. The number of Topliss-reactive ketones (excluding diaryl/α,β-unsaturated/α-hetero) is 1. The molecule has 86 heavy (non-hydrogen) atoms. The van der Waals surface area contributed by atoms with Crippen molar-refractivity contribution in [1.82, 2.24) is 35.2 Å². The fraction of sp³-hybridized carbons (Fsp3) is 0.541. The molecule has 466 valence electrons. The minimum Gasteiger partial charge on any atom is -0.484 e. The highest BCUT2D eigenvalue weighted by molar-refractivity contribution is 7.89. The number of unbranched alkanes of at least 4 members (excludes halogenated alkanes) is 2. The zero-order chi connectivity index (χ0) is 60.7. The molecule has 4 aromatic rings. The zero-order valence-corrected chi connectivity index (χ0v) is 51.6. The largest absolute Gasteiger partial charge is 0.484 e. The number of benzene rings is 4. The highest BCUT2D eigenvalue weighted by Gasteiger charge is 2.42. The van der Waals surface area contributed by atoms with Crippen LogP contribution in [0.3, 0.4) is 0 Å². The topological polar surface area (TPSA) is 253 Å². The Kier molecular flexibility index (Phi) is 26.1.